The number of carbonyl (C=O) groups excluding carboxylic acids is 1. The van der Waals surface area contributed by atoms with Crippen LogP contribution in [0.1, 0.15) is 10.5 Å². The minimum atomic E-state index is -0.602. The number of hydrogen-bond donors (Lipinski definition) is 2. The van der Waals surface area contributed by atoms with Crippen molar-refractivity contribution >= 4 is 40.6 Å². The predicted octanol–water partition coefficient (Wildman–Crippen LogP) is 2.76. The summed E-state index contributed by atoms with van der Waals surface area (Å²) in [5, 5.41) is 2.39. The molecule has 3 N–H and O–H groups in total. The molecule has 0 saturated heterocycles. The standard InChI is InChI=1S/C11H7Cl2FN4O/c12-6-1-5(14)2-7(13)10(6)18-11(19)8-3-16-4-9(15)17-8/h1-4H,(H2,15,17)(H,18,19). The monoisotopic (exact) mass is 300 g/mol. The number of nitrogens with two attached hydrogens (primary N) is 1. The summed E-state index contributed by atoms with van der Waals surface area (Å²) in [4.78, 5) is 19.4. The molecule has 0 aliphatic rings. The number of carbonyl (C=O) groups is 1. The van der Waals surface area contributed by atoms with Gasteiger partial charge in [-0.25, -0.2) is 9.37 Å². The normalized spacial score (nSPS) is 10.3. The van der Waals surface area contributed by atoms with Crippen molar-refractivity contribution in [1.29, 1.82) is 0 Å². The Hall–Kier alpha value is -1.92. The fraction of sp³-hybridized carbons (Fsp3) is 0. The Balaban J connectivity index is 2.29. The van der Waals surface area contributed by atoms with E-state index in [-0.39, 0.29) is 27.2 Å². The van der Waals surface area contributed by atoms with Crippen LogP contribution >= 0.6 is 23.2 Å². The van der Waals surface area contributed by atoms with E-state index in [1.165, 1.54) is 12.4 Å². The lowest BCUT2D eigenvalue weighted by Gasteiger charge is -2.09. The van der Waals surface area contributed by atoms with E-state index in [1.807, 2.05) is 0 Å². The molecular weight excluding hydrogens is 294 g/mol. The van der Waals surface area contributed by atoms with Crippen LogP contribution in [0.3, 0.4) is 0 Å². The van der Waals surface area contributed by atoms with Crippen LogP contribution in [-0.4, -0.2) is 15.9 Å². The van der Waals surface area contributed by atoms with Crippen LogP contribution in [0.4, 0.5) is 15.9 Å². The topological polar surface area (TPSA) is 80.9 Å². The number of nitrogens with one attached hydrogen (secondary N) is 1. The van der Waals surface area contributed by atoms with Gasteiger partial charge in [-0.05, 0) is 12.1 Å². The summed E-state index contributed by atoms with van der Waals surface area (Å²) in [6.45, 7) is 0. The maximum Gasteiger partial charge on any atom is 0.276 e. The molecule has 0 radical (unpaired) electrons. The van der Waals surface area contributed by atoms with Crippen molar-refractivity contribution in [3.05, 3.63) is 46.1 Å². The van der Waals surface area contributed by atoms with E-state index in [9.17, 15) is 9.18 Å². The van der Waals surface area contributed by atoms with E-state index in [0.717, 1.165) is 12.1 Å². The van der Waals surface area contributed by atoms with Crippen LogP contribution < -0.4 is 11.1 Å². The summed E-state index contributed by atoms with van der Waals surface area (Å²) < 4.78 is 13.0. The molecule has 2 aromatic rings. The van der Waals surface area contributed by atoms with Gasteiger partial charge in [0.25, 0.3) is 5.91 Å². The third kappa shape index (κ3) is 3.10. The zero-order valence-corrected chi connectivity index (χ0v) is 10.8. The summed E-state index contributed by atoms with van der Waals surface area (Å²) in [6.07, 6.45) is 2.53. The maximum atomic E-state index is 13.0. The van der Waals surface area contributed by atoms with Gasteiger partial charge in [-0.3, -0.25) is 9.78 Å². The molecule has 0 fully saturated rings. The molecule has 8 heteroatoms. The highest BCUT2D eigenvalue weighted by Crippen LogP contribution is 2.31. The van der Waals surface area contributed by atoms with Crippen LogP contribution in [0, 0.1) is 5.82 Å². The van der Waals surface area contributed by atoms with Gasteiger partial charge in [0.1, 0.15) is 17.3 Å². The first-order chi connectivity index (χ1) is 8.97. The van der Waals surface area contributed by atoms with Crippen LogP contribution in [0.5, 0.6) is 0 Å². The Kier molecular flexibility index (Phi) is 3.82. The van der Waals surface area contributed by atoms with Gasteiger partial charge in [-0.15, -0.1) is 0 Å². The summed E-state index contributed by atoms with van der Waals surface area (Å²) in [5.74, 6) is -1.10. The van der Waals surface area contributed by atoms with Gasteiger partial charge < -0.3 is 11.1 Å². The second-order valence-electron chi connectivity index (χ2n) is 3.53. The molecular formula is C11H7Cl2FN4O. The average molecular weight is 301 g/mol. The minimum absolute atomic E-state index is 0.00328. The average Bonchev–Trinajstić information content (AvgIpc) is 2.33. The van der Waals surface area contributed by atoms with Gasteiger partial charge >= 0.3 is 0 Å². The first kappa shape index (κ1) is 13.5. The van der Waals surface area contributed by atoms with Crippen LogP contribution in [0.25, 0.3) is 0 Å². The van der Waals surface area contributed by atoms with Gasteiger partial charge in [-0.1, -0.05) is 23.2 Å². The molecule has 1 amide bonds. The fourth-order valence-electron chi connectivity index (χ4n) is 1.33. The number of hydrogen-bond acceptors (Lipinski definition) is 4. The van der Waals surface area contributed by atoms with Crippen molar-refractivity contribution in [2.45, 2.75) is 0 Å². The Bertz CT molecular complexity index is 627. The summed E-state index contributed by atoms with van der Waals surface area (Å²) in [7, 11) is 0. The van der Waals surface area contributed by atoms with Crippen molar-refractivity contribution in [3.63, 3.8) is 0 Å². The van der Waals surface area contributed by atoms with Crippen molar-refractivity contribution in [2.75, 3.05) is 11.1 Å². The zero-order chi connectivity index (χ0) is 14.0. The van der Waals surface area contributed by atoms with Crippen molar-refractivity contribution in [3.8, 4) is 0 Å². The highest BCUT2D eigenvalue weighted by atomic mass is 35.5. The SMILES string of the molecule is Nc1cncc(C(=O)Nc2c(Cl)cc(F)cc2Cl)n1. The highest BCUT2D eigenvalue weighted by molar-refractivity contribution is 6.40. The Morgan fingerprint density at radius 3 is 2.47 bits per heavy atom. The van der Waals surface area contributed by atoms with E-state index in [1.54, 1.807) is 0 Å². The van der Waals surface area contributed by atoms with E-state index < -0.39 is 11.7 Å². The second-order valence-corrected chi connectivity index (χ2v) is 4.34. The van der Waals surface area contributed by atoms with Gasteiger partial charge in [0.2, 0.25) is 0 Å². The molecule has 0 spiro atoms. The maximum absolute atomic E-state index is 13.0. The number of aromatic nitrogens is 2. The molecule has 0 unspecified atom stereocenters. The number of nitrogens with zero attached hydrogens (tertiary/aromatic N) is 2. The molecule has 5 nitrogen and oxygen atoms in total. The lowest BCUT2D eigenvalue weighted by Crippen LogP contribution is -2.15. The van der Waals surface area contributed by atoms with Crippen molar-refractivity contribution in [1.82, 2.24) is 9.97 Å². The number of amides is 1. The number of nitrogen functional groups attached to an aromatic ring is 1. The van der Waals surface area contributed by atoms with E-state index >= 15 is 0 Å². The minimum Gasteiger partial charge on any atom is -0.382 e. The van der Waals surface area contributed by atoms with Gasteiger partial charge in [0.05, 0.1) is 28.1 Å². The van der Waals surface area contributed by atoms with E-state index in [2.05, 4.69) is 15.3 Å². The molecule has 0 bridgehead atoms. The molecule has 98 valence electrons. The number of benzene rings is 1. The van der Waals surface area contributed by atoms with E-state index in [4.69, 9.17) is 28.9 Å². The van der Waals surface area contributed by atoms with Crippen LogP contribution in [0.2, 0.25) is 10.0 Å². The number of rotatable bonds is 2. The lowest BCUT2D eigenvalue weighted by molar-refractivity contribution is 0.102. The Morgan fingerprint density at radius 2 is 1.89 bits per heavy atom. The predicted molar refractivity (Wildman–Crippen MR) is 70.8 cm³/mol. The smallest absolute Gasteiger partial charge is 0.276 e. The number of halogens is 3. The van der Waals surface area contributed by atoms with Crippen LogP contribution in [-0.2, 0) is 0 Å². The Morgan fingerprint density at radius 1 is 1.26 bits per heavy atom. The van der Waals surface area contributed by atoms with Gasteiger partial charge in [0, 0.05) is 0 Å². The first-order valence-corrected chi connectivity index (χ1v) is 5.76. The summed E-state index contributed by atoms with van der Waals surface area (Å²) in [5.41, 5.74) is 5.51. The second kappa shape index (κ2) is 5.38. The van der Waals surface area contributed by atoms with E-state index in [0.29, 0.717) is 0 Å². The molecule has 1 aromatic carbocycles. The summed E-state index contributed by atoms with van der Waals surface area (Å²) >= 11 is 11.6. The molecule has 1 heterocycles. The fourth-order valence-corrected chi connectivity index (χ4v) is 1.88. The number of anilines is 2. The molecule has 19 heavy (non-hydrogen) atoms. The quantitative estimate of drug-likeness (QED) is 0.893. The van der Waals surface area contributed by atoms with Crippen molar-refractivity contribution < 1.29 is 9.18 Å². The van der Waals surface area contributed by atoms with Gasteiger partial charge in [0.15, 0.2) is 0 Å². The van der Waals surface area contributed by atoms with Crippen molar-refractivity contribution in [2.24, 2.45) is 0 Å². The lowest BCUT2D eigenvalue weighted by atomic mass is 10.3. The molecule has 0 atom stereocenters. The molecule has 2 rings (SSSR count). The zero-order valence-electron chi connectivity index (χ0n) is 9.32. The molecule has 0 saturated carbocycles. The largest absolute Gasteiger partial charge is 0.382 e. The summed E-state index contributed by atoms with van der Waals surface area (Å²) in [6, 6.07) is 2.07. The Labute approximate surface area is 117 Å². The molecule has 1 aromatic heterocycles. The van der Waals surface area contributed by atoms with Gasteiger partial charge in [-0.2, -0.15) is 0 Å². The third-order valence-corrected chi connectivity index (χ3v) is 2.73. The molecule has 0 aliphatic heterocycles. The highest BCUT2D eigenvalue weighted by Gasteiger charge is 2.14. The molecule has 0 aliphatic carbocycles. The third-order valence-electron chi connectivity index (χ3n) is 2.13. The van der Waals surface area contributed by atoms with Crippen LogP contribution in [0.15, 0.2) is 24.5 Å². The first-order valence-electron chi connectivity index (χ1n) is 5.01.